The minimum Gasteiger partial charge on any atom is -0.409 e. The Kier molecular flexibility index (Phi) is 5.67. The first-order valence-electron chi connectivity index (χ1n) is 7.89. The lowest BCUT2D eigenvalue weighted by Crippen LogP contribution is -2.56. The second-order valence-electron chi connectivity index (χ2n) is 5.91. The van der Waals surface area contributed by atoms with E-state index in [-0.39, 0.29) is 17.9 Å². The number of oxime groups is 1. The van der Waals surface area contributed by atoms with Crippen LogP contribution in [0.5, 0.6) is 0 Å². The molecule has 0 spiro atoms. The number of nitrogens with two attached hydrogens (primary N) is 1. The van der Waals surface area contributed by atoms with Crippen LogP contribution < -0.4 is 5.73 Å². The minimum atomic E-state index is -0.0922. The maximum atomic E-state index is 12.5. The summed E-state index contributed by atoms with van der Waals surface area (Å²) in [6.07, 6.45) is 4.70. The lowest BCUT2D eigenvalue weighted by atomic mass is 10.2. The molecular formula is C14H27N5O2. The van der Waals surface area contributed by atoms with Crippen molar-refractivity contribution in [1.29, 1.82) is 0 Å². The number of carbonyl (C=O) groups is 1. The van der Waals surface area contributed by atoms with Gasteiger partial charge in [0.25, 0.3) is 0 Å². The van der Waals surface area contributed by atoms with Gasteiger partial charge < -0.3 is 20.7 Å². The zero-order valence-electron chi connectivity index (χ0n) is 12.9. The number of carbonyl (C=O) groups excluding carboxylic acids is 1. The van der Waals surface area contributed by atoms with E-state index >= 15 is 0 Å². The summed E-state index contributed by atoms with van der Waals surface area (Å²) in [5, 5.41) is 11.8. The van der Waals surface area contributed by atoms with E-state index in [1.807, 2.05) is 16.7 Å². The number of urea groups is 1. The molecule has 0 aromatic rings. The topological polar surface area (TPSA) is 85.4 Å². The van der Waals surface area contributed by atoms with Crippen molar-refractivity contribution in [3.63, 3.8) is 0 Å². The van der Waals surface area contributed by atoms with Crippen molar-refractivity contribution in [2.24, 2.45) is 10.9 Å². The van der Waals surface area contributed by atoms with E-state index in [1.54, 1.807) is 0 Å². The molecule has 7 nitrogen and oxygen atoms in total. The molecule has 2 aliphatic rings. The van der Waals surface area contributed by atoms with Gasteiger partial charge >= 0.3 is 6.03 Å². The fourth-order valence-electron chi connectivity index (χ4n) is 3.03. The van der Waals surface area contributed by atoms with Gasteiger partial charge in [-0.05, 0) is 19.8 Å². The van der Waals surface area contributed by atoms with E-state index < -0.39 is 0 Å². The van der Waals surface area contributed by atoms with Gasteiger partial charge in [-0.25, -0.2) is 4.79 Å². The molecule has 0 aromatic heterocycles. The Morgan fingerprint density at radius 1 is 1.00 bits per heavy atom. The molecule has 120 valence electrons. The molecule has 3 N–H and O–H groups in total. The fraction of sp³-hybridized carbons (Fsp3) is 0.857. The molecule has 0 saturated carbocycles. The molecule has 2 rings (SSSR count). The summed E-state index contributed by atoms with van der Waals surface area (Å²) in [5.41, 5.74) is 5.65. The highest BCUT2D eigenvalue weighted by Crippen LogP contribution is 2.14. The number of nitrogens with zero attached hydrogens (tertiary/aromatic N) is 4. The van der Waals surface area contributed by atoms with Crippen LogP contribution in [0.25, 0.3) is 0 Å². The highest BCUT2D eigenvalue weighted by Gasteiger charge is 2.28. The van der Waals surface area contributed by atoms with Crippen LogP contribution in [0.3, 0.4) is 0 Å². The van der Waals surface area contributed by atoms with Crippen LogP contribution in [0.4, 0.5) is 4.79 Å². The Balaban J connectivity index is 1.84. The van der Waals surface area contributed by atoms with Gasteiger partial charge in [-0.1, -0.05) is 18.0 Å². The zero-order chi connectivity index (χ0) is 15.2. The van der Waals surface area contributed by atoms with Crippen LogP contribution in [-0.4, -0.2) is 77.1 Å². The third-order valence-electron chi connectivity index (χ3n) is 4.55. The normalized spacial score (nSPS) is 23.8. The van der Waals surface area contributed by atoms with Crippen LogP contribution in [0.1, 0.15) is 32.6 Å². The standard InChI is InChI=1S/C14H27N5O2/c1-12(13(15)16-21)17-8-10-19(11-9-17)14(20)18-6-4-2-3-5-7-18/h12,21H,2-11H2,1H3,(H2,15,16). The highest BCUT2D eigenvalue weighted by molar-refractivity contribution is 5.84. The van der Waals surface area contributed by atoms with Crippen LogP contribution in [0, 0.1) is 0 Å². The number of rotatable bonds is 2. The molecule has 2 heterocycles. The number of amidine groups is 1. The van der Waals surface area contributed by atoms with Crippen molar-refractivity contribution in [2.75, 3.05) is 39.3 Å². The predicted octanol–water partition coefficient (Wildman–Crippen LogP) is 0.735. The number of likely N-dealkylation sites (tertiary alicyclic amines) is 1. The van der Waals surface area contributed by atoms with Crippen molar-refractivity contribution in [3.05, 3.63) is 0 Å². The molecular weight excluding hydrogens is 270 g/mol. The molecule has 2 amide bonds. The van der Waals surface area contributed by atoms with E-state index in [9.17, 15) is 4.79 Å². The average Bonchev–Trinajstić information content (AvgIpc) is 2.82. The Morgan fingerprint density at radius 3 is 2.05 bits per heavy atom. The molecule has 2 saturated heterocycles. The summed E-state index contributed by atoms with van der Waals surface area (Å²) in [4.78, 5) is 18.6. The fourth-order valence-corrected chi connectivity index (χ4v) is 3.03. The number of hydrogen-bond donors (Lipinski definition) is 2. The summed E-state index contributed by atoms with van der Waals surface area (Å²) in [5.74, 6) is 0.224. The molecule has 1 unspecified atom stereocenters. The summed E-state index contributed by atoms with van der Waals surface area (Å²) >= 11 is 0. The minimum absolute atomic E-state index is 0.0922. The molecule has 7 heteroatoms. The number of amides is 2. The van der Waals surface area contributed by atoms with Crippen LogP contribution in [0.15, 0.2) is 5.16 Å². The summed E-state index contributed by atoms with van der Waals surface area (Å²) in [6.45, 7) is 6.63. The summed E-state index contributed by atoms with van der Waals surface area (Å²) in [7, 11) is 0. The Morgan fingerprint density at radius 2 is 1.52 bits per heavy atom. The van der Waals surface area contributed by atoms with Gasteiger partial charge in [0.1, 0.15) is 0 Å². The van der Waals surface area contributed by atoms with E-state index in [0.717, 1.165) is 39.0 Å². The molecule has 1 atom stereocenters. The summed E-state index contributed by atoms with van der Waals surface area (Å²) in [6, 6.07) is 0.0819. The van der Waals surface area contributed by atoms with Crippen molar-refractivity contribution < 1.29 is 10.0 Å². The highest BCUT2D eigenvalue weighted by atomic mass is 16.4. The van der Waals surface area contributed by atoms with Gasteiger partial charge in [-0.15, -0.1) is 0 Å². The van der Waals surface area contributed by atoms with Gasteiger partial charge in [-0.3, -0.25) is 4.90 Å². The lowest BCUT2D eigenvalue weighted by molar-refractivity contribution is 0.107. The maximum absolute atomic E-state index is 12.5. The first-order chi connectivity index (χ1) is 10.1. The first kappa shape index (κ1) is 15.9. The molecule has 2 aliphatic heterocycles. The van der Waals surface area contributed by atoms with Crippen molar-refractivity contribution in [1.82, 2.24) is 14.7 Å². The number of piperazine rings is 1. The summed E-state index contributed by atoms with van der Waals surface area (Å²) < 4.78 is 0. The molecule has 21 heavy (non-hydrogen) atoms. The Bertz CT molecular complexity index is 372. The molecule has 0 aromatic carbocycles. The molecule has 0 bridgehead atoms. The van der Waals surface area contributed by atoms with Crippen molar-refractivity contribution in [2.45, 2.75) is 38.6 Å². The van der Waals surface area contributed by atoms with Crippen LogP contribution in [-0.2, 0) is 0 Å². The van der Waals surface area contributed by atoms with Gasteiger partial charge in [-0.2, -0.15) is 0 Å². The monoisotopic (exact) mass is 297 g/mol. The Hall–Kier alpha value is -1.50. The quantitative estimate of drug-likeness (QED) is 0.341. The second kappa shape index (κ2) is 7.49. The molecule has 0 radical (unpaired) electrons. The molecule has 2 fully saturated rings. The van der Waals surface area contributed by atoms with E-state index in [2.05, 4.69) is 10.1 Å². The van der Waals surface area contributed by atoms with Gasteiger partial charge in [0.15, 0.2) is 5.84 Å². The zero-order valence-corrected chi connectivity index (χ0v) is 12.9. The predicted molar refractivity (Wildman–Crippen MR) is 81.5 cm³/mol. The third-order valence-corrected chi connectivity index (χ3v) is 4.55. The molecule has 0 aliphatic carbocycles. The van der Waals surface area contributed by atoms with Gasteiger partial charge in [0.2, 0.25) is 0 Å². The third kappa shape index (κ3) is 4.00. The smallest absolute Gasteiger partial charge is 0.320 e. The number of hydrogen-bond acceptors (Lipinski definition) is 4. The maximum Gasteiger partial charge on any atom is 0.320 e. The van der Waals surface area contributed by atoms with Gasteiger partial charge in [0.05, 0.1) is 6.04 Å². The van der Waals surface area contributed by atoms with E-state index in [4.69, 9.17) is 10.9 Å². The largest absolute Gasteiger partial charge is 0.409 e. The van der Waals surface area contributed by atoms with E-state index in [0.29, 0.717) is 13.1 Å². The van der Waals surface area contributed by atoms with Crippen LogP contribution in [0.2, 0.25) is 0 Å². The van der Waals surface area contributed by atoms with Gasteiger partial charge in [0, 0.05) is 39.3 Å². The second-order valence-corrected chi connectivity index (χ2v) is 5.91. The van der Waals surface area contributed by atoms with Crippen molar-refractivity contribution in [3.8, 4) is 0 Å². The average molecular weight is 297 g/mol. The first-order valence-corrected chi connectivity index (χ1v) is 7.89. The van der Waals surface area contributed by atoms with Crippen molar-refractivity contribution >= 4 is 11.9 Å². The Labute approximate surface area is 126 Å². The lowest BCUT2D eigenvalue weighted by Gasteiger charge is -2.39. The SMILES string of the molecule is CC(C(N)=NO)N1CCN(C(=O)N2CCCCCC2)CC1. The van der Waals surface area contributed by atoms with E-state index in [1.165, 1.54) is 12.8 Å². The van der Waals surface area contributed by atoms with Crippen LogP contribution >= 0.6 is 0 Å².